The lowest BCUT2D eigenvalue weighted by Crippen LogP contribution is -2.32. The van der Waals surface area contributed by atoms with Crippen LogP contribution in [0.25, 0.3) is 0 Å². The smallest absolute Gasteiger partial charge is 0.335 e. The summed E-state index contributed by atoms with van der Waals surface area (Å²) in [6.07, 6.45) is -2.27. The molecule has 1 amide bonds. The van der Waals surface area contributed by atoms with Gasteiger partial charge in [0.1, 0.15) is 5.69 Å². The Kier molecular flexibility index (Phi) is 3.00. The van der Waals surface area contributed by atoms with Crippen LogP contribution in [0.4, 0.5) is 13.2 Å². The summed E-state index contributed by atoms with van der Waals surface area (Å²) in [5.41, 5.74) is 4.78. The van der Waals surface area contributed by atoms with Crippen LogP contribution in [-0.4, -0.2) is 40.1 Å². The van der Waals surface area contributed by atoms with E-state index in [0.717, 1.165) is 18.9 Å². The topological polar surface area (TPSA) is 75.0 Å². The van der Waals surface area contributed by atoms with Crippen LogP contribution in [0.2, 0.25) is 0 Å². The first-order valence-electron chi connectivity index (χ1n) is 6.53. The Bertz CT molecular complexity index is 523. The number of hydrogen-bond acceptors (Lipinski definition) is 3. The molecule has 2 fully saturated rings. The molecule has 110 valence electrons. The van der Waals surface area contributed by atoms with Crippen molar-refractivity contribution in [1.29, 1.82) is 0 Å². The molecule has 2 aliphatic rings. The van der Waals surface area contributed by atoms with Gasteiger partial charge in [0.15, 0.2) is 5.69 Å². The van der Waals surface area contributed by atoms with Gasteiger partial charge in [-0.05, 0) is 24.7 Å². The zero-order valence-electron chi connectivity index (χ0n) is 10.7. The summed E-state index contributed by atoms with van der Waals surface area (Å²) < 4.78 is 37.4. The van der Waals surface area contributed by atoms with Crippen LogP contribution in [-0.2, 0) is 6.18 Å². The summed E-state index contributed by atoms with van der Waals surface area (Å²) in [7, 11) is 0. The Hall–Kier alpha value is -1.57. The molecule has 2 atom stereocenters. The normalized spacial score (nSPS) is 27.1. The number of rotatable bonds is 2. The minimum atomic E-state index is -4.52. The van der Waals surface area contributed by atoms with Gasteiger partial charge < -0.3 is 10.6 Å². The first kappa shape index (κ1) is 13.4. The molecule has 3 rings (SSSR count). The fourth-order valence-corrected chi connectivity index (χ4v) is 2.78. The number of nitrogens with zero attached hydrogens (tertiary/aromatic N) is 2. The molecule has 0 aromatic carbocycles. The van der Waals surface area contributed by atoms with E-state index in [-0.39, 0.29) is 17.7 Å². The number of nitrogens with one attached hydrogen (secondary N) is 1. The molecular formula is C12H15F3N4O. The van der Waals surface area contributed by atoms with E-state index in [9.17, 15) is 18.0 Å². The molecule has 20 heavy (non-hydrogen) atoms. The minimum absolute atomic E-state index is 0.0903. The van der Waals surface area contributed by atoms with Gasteiger partial charge in [-0.25, -0.2) is 0 Å². The molecule has 0 spiro atoms. The molecule has 1 aliphatic heterocycles. The molecule has 1 aromatic heterocycles. The Morgan fingerprint density at radius 1 is 1.40 bits per heavy atom. The zero-order valence-corrected chi connectivity index (χ0v) is 10.7. The van der Waals surface area contributed by atoms with Gasteiger partial charge in [0.2, 0.25) is 0 Å². The van der Waals surface area contributed by atoms with Crippen LogP contribution < -0.4 is 5.73 Å². The van der Waals surface area contributed by atoms with Gasteiger partial charge in [-0.2, -0.15) is 18.3 Å². The third-order valence-corrected chi connectivity index (χ3v) is 4.03. The van der Waals surface area contributed by atoms with Crippen LogP contribution in [0.15, 0.2) is 6.07 Å². The van der Waals surface area contributed by atoms with Crippen molar-refractivity contribution in [2.75, 3.05) is 13.1 Å². The number of alkyl halides is 3. The average molecular weight is 288 g/mol. The molecule has 1 aromatic rings. The molecule has 3 N–H and O–H groups in total. The number of halogens is 3. The van der Waals surface area contributed by atoms with E-state index in [4.69, 9.17) is 5.73 Å². The summed E-state index contributed by atoms with van der Waals surface area (Å²) in [6.45, 7) is 0.896. The Morgan fingerprint density at radius 3 is 2.65 bits per heavy atom. The number of likely N-dealkylation sites (tertiary alicyclic amines) is 1. The highest BCUT2D eigenvalue weighted by Gasteiger charge is 2.43. The van der Waals surface area contributed by atoms with Crippen LogP contribution in [0.5, 0.6) is 0 Å². The first-order valence-corrected chi connectivity index (χ1v) is 6.53. The third kappa shape index (κ3) is 2.39. The summed E-state index contributed by atoms with van der Waals surface area (Å²) in [5.74, 6) is 0.336. The molecule has 0 radical (unpaired) electrons. The Morgan fingerprint density at radius 2 is 2.10 bits per heavy atom. The van der Waals surface area contributed by atoms with Gasteiger partial charge in [0, 0.05) is 25.2 Å². The summed E-state index contributed by atoms with van der Waals surface area (Å²) >= 11 is 0. The summed E-state index contributed by atoms with van der Waals surface area (Å²) in [6, 6.07) is 0.658. The number of nitrogens with two attached hydrogens (primary N) is 1. The largest absolute Gasteiger partial charge is 0.432 e. The molecule has 1 saturated carbocycles. The van der Waals surface area contributed by atoms with E-state index in [1.54, 1.807) is 0 Å². The van der Waals surface area contributed by atoms with Crippen LogP contribution in [0.1, 0.15) is 29.0 Å². The van der Waals surface area contributed by atoms with Crippen molar-refractivity contribution in [2.45, 2.75) is 25.1 Å². The standard InChI is InChI=1S/C12H15F3N4O/c13-12(14,15)10-3-9(17-18-10)11(20)19-4-7(6-1-2-6)8(16)5-19/h3,6-8H,1-2,4-5,16H2,(H,17,18)/t7-,8+/m1/s1. The van der Waals surface area contributed by atoms with Gasteiger partial charge in [-0.3, -0.25) is 9.89 Å². The molecule has 1 saturated heterocycles. The second-order valence-corrected chi connectivity index (χ2v) is 5.54. The second kappa shape index (κ2) is 4.47. The van der Waals surface area contributed by atoms with Crippen molar-refractivity contribution in [3.8, 4) is 0 Å². The van der Waals surface area contributed by atoms with Crippen LogP contribution in [0.3, 0.4) is 0 Å². The van der Waals surface area contributed by atoms with Gasteiger partial charge in [0.05, 0.1) is 0 Å². The number of carbonyl (C=O) groups excluding carboxylic acids is 1. The zero-order chi connectivity index (χ0) is 14.5. The van der Waals surface area contributed by atoms with Crippen LogP contribution >= 0.6 is 0 Å². The average Bonchev–Trinajstić information content (AvgIpc) is 2.93. The van der Waals surface area contributed by atoms with Crippen molar-refractivity contribution in [2.24, 2.45) is 17.6 Å². The lowest BCUT2D eigenvalue weighted by Gasteiger charge is -2.14. The molecule has 8 heteroatoms. The van der Waals surface area contributed by atoms with Gasteiger partial charge >= 0.3 is 6.18 Å². The number of amides is 1. The molecule has 5 nitrogen and oxygen atoms in total. The first-order chi connectivity index (χ1) is 9.36. The summed E-state index contributed by atoms with van der Waals surface area (Å²) in [4.78, 5) is 13.6. The molecule has 0 bridgehead atoms. The molecular weight excluding hydrogens is 273 g/mol. The number of aromatic nitrogens is 2. The Labute approximate surface area is 113 Å². The van der Waals surface area contributed by atoms with Crippen molar-refractivity contribution in [1.82, 2.24) is 15.1 Å². The molecule has 1 aliphatic carbocycles. The molecule has 0 unspecified atom stereocenters. The van der Waals surface area contributed by atoms with Crippen molar-refractivity contribution in [3.63, 3.8) is 0 Å². The quantitative estimate of drug-likeness (QED) is 0.859. The van der Waals surface area contributed by atoms with Crippen molar-refractivity contribution >= 4 is 5.91 Å². The fourth-order valence-electron chi connectivity index (χ4n) is 2.78. The van der Waals surface area contributed by atoms with Gasteiger partial charge in [-0.15, -0.1) is 0 Å². The second-order valence-electron chi connectivity index (χ2n) is 5.54. The fraction of sp³-hybridized carbons (Fsp3) is 0.667. The van der Waals surface area contributed by atoms with Gasteiger partial charge in [-0.1, -0.05) is 0 Å². The van der Waals surface area contributed by atoms with E-state index in [1.165, 1.54) is 4.90 Å². The Balaban J connectivity index is 1.71. The maximum absolute atomic E-state index is 12.5. The van der Waals surface area contributed by atoms with E-state index in [2.05, 4.69) is 5.10 Å². The molecule has 2 heterocycles. The van der Waals surface area contributed by atoms with Gasteiger partial charge in [0.25, 0.3) is 5.91 Å². The minimum Gasteiger partial charge on any atom is -0.335 e. The summed E-state index contributed by atoms with van der Waals surface area (Å²) in [5, 5.41) is 5.31. The number of carbonyl (C=O) groups is 1. The monoisotopic (exact) mass is 288 g/mol. The lowest BCUT2D eigenvalue weighted by molar-refractivity contribution is -0.141. The number of aromatic amines is 1. The van der Waals surface area contributed by atoms with Crippen LogP contribution in [0, 0.1) is 11.8 Å². The predicted octanol–water partition coefficient (Wildman–Crippen LogP) is 1.24. The highest BCUT2D eigenvalue weighted by molar-refractivity contribution is 5.92. The highest BCUT2D eigenvalue weighted by Crippen LogP contribution is 2.41. The SMILES string of the molecule is N[C@H]1CN(C(=O)c2cc(C(F)(F)F)[nH]n2)C[C@@H]1C1CC1. The third-order valence-electron chi connectivity index (χ3n) is 4.03. The maximum Gasteiger partial charge on any atom is 0.432 e. The van der Waals surface area contributed by atoms with E-state index >= 15 is 0 Å². The van der Waals surface area contributed by atoms with E-state index < -0.39 is 17.8 Å². The van der Waals surface area contributed by atoms with Crippen molar-refractivity contribution < 1.29 is 18.0 Å². The van der Waals surface area contributed by atoms with E-state index in [0.29, 0.717) is 19.0 Å². The lowest BCUT2D eigenvalue weighted by atomic mass is 9.99. The number of hydrogen-bond donors (Lipinski definition) is 2. The van der Waals surface area contributed by atoms with E-state index in [1.807, 2.05) is 5.10 Å². The van der Waals surface area contributed by atoms with Crippen molar-refractivity contribution in [3.05, 3.63) is 17.5 Å². The predicted molar refractivity (Wildman–Crippen MR) is 63.7 cm³/mol. The maximum atomic E-state index is 12.5. The number of H-pyrrole nitrogens is 1. The highest BCUT2D eigenvalue weighted by atomic mass is 19.4.